The number of rotatable bonds is 4. The highest BCUT2D eigenvalue weighted by Gasteiger charge is 2.05. The van der Waals surface area contributed by atoms with Crippen LogP contribution in [-0.4, -0.2) is 12.1 Å². The zero-order valence-corrected chi connectivity index (χ0v) is 13.1. The molecular weight excluding hydrogens is 330 g/mol. The van der Waals surface area contributed by atoms with Crippen molar-refractivity contribution in [3.63, 3.8) is 0 Å². The lowest BCUT2D eigenvalue weighted by atomic mass is 10.2. The zero-order valence-electron chi connectivity index (χ0n) is 11.5. The third kappa shape index (κ3) is 3.16. The second-order valence-electron chi connectivity index (χ2n) is 4.61. The fourth-order valence-corrected chi connectivity index (χ4v) is 2.56. The summed E-state index contributed by atoms with van der Waals surface area (Å²) in [5.74, 6) is 1.56. The van der Waals surface area contributed by atoms with E-state index < -0.39 is 0 Å². The number of fused-ring (bicyclic) bond motifs is 1. The summed E-state index contributed by atoms with van der Waals surface area (Å²) in [6, 6.07) is 15.8. The molecule has 1 heterocycles. The molecule has 0 bridgehead atoms. The van der Waals surface area contributed by atoms with Gasteiger partial charge in [0.1, 0.15) is 18.1 Å². The molecule has 0 spiro atoms. The van der Waals surface area contributed by atoms with Crippen molar-refractivity contribution in [2.24, 2.45) is 0 Å². The van der Waals surface area contributed by atoms with Crippen LogP contribution in [0.15, 0.2) is 59.2 Å². The molecule has 3 nitrogen and oxygen atoms in total. The van der Waals surface area contributed by atoms with Crippen LogP contribution in [-0.2, 0) is 6.61 Å². The lowest BCUT2D eigenvalue weighted by Crippen LogP contribution is -1.99. The van der Waals surface area contributed by atoms with Crippen LogP contribution < -0.4 is 9.47 Å². The van der Waals surface area contributed by atoms with Crippen LogP contribution in [0.2, 0.25) is 0 Å². The number of para-hydroxylation sites is 1. The van der Waals surface area contributed by atoms with Gasteiger partial charge in [-0.15, -0.1) is 0 Å². The van der Waals surface area contributed by atoms with Gasteiger partial charge in [0.05, 0.1) is 18.8 Å². The predicted molar refractivity (Wildman–Crippen MR) is 86.8 cm³/mol. The number of pyridine rings is 1. The molecule has 0 saturated heterocycles. The fraction of sp³-hybridized carbons (Fsp3) is 0.118. The van der Waals surface area contributed by atoms with E-state index in [0.717, 1.165) is 32.4 Å². The molecule has 0 saturated carbocycles. The van der Waals surface area contributed by atoms with Crippen LogP contribution in [0, 0.1) is 0 Å². The van der Waals surface area contributed by atoms with E-state index in [0.29, 0.717) is 6.61 Å². The van der Waals surface area contributed by atoms with Gasteiger partial charge in [0.2, 0.25) is 0 Å². The molecule has 3 aromatic rings. The second-order valence-corrected chi connectivity index (χ2v) is 5.52. The van der Waals surface area contributed by atoms with E-state index in [4.69, 9.17) is 9.47 Å². The van der Waals surface area contributed by atoms with Gasteiger partial charge in [-0.05, 0) is 30.3 Å². The Hall–Kier alpha value is -2.07. The molecule has 0 aliphatic carbocycles. The maximum atomic E-state index is 5.83. The molecule has 2 aromatic carbocycles. The summed E-state index contributed by atoms with van der Waals surface area (Å²) in [4.78, 5) is 4.39. The molecule has 0 atom stereocenters. The molecule has 3 rings (SSSR count). The van der Waals surface area contributed by atoms with Crippen LogP contribution in [0.3, 0.4) is 0 Å². The van der Waals surface area contributed by atoms with E-state index in [1.165, 1.54) is 0 Å². The molecule has 21 heavy (non-hydrogen) atoms. The van der Waals surface area contributed by atoms with Gasteiger partial charge in [-0.2, -0.15) is 0 Å². The van der Waals surface area contributed by atoms with E-state index >= 15 is 0 Å². The van der Waals surface area contributed by atoms with Crippen molar-refractivity contribution >= 4 is 26.8 Å². The van der Waals surface area contributed by atoms with Crippen LogP contribution in [0.1, 0.15) is 5.56 Å². The largest absolute Gasteiger partial charge is 0.496 e. The van der Waals surface area contributed by atoms with E-state index in [-0.39, 0.29) is 0 Å². The Bertz CT molecular complexity index is 774. The highest BCUT2D eigenvalue weighted by molar-refractivity contribution is 9.10. The van der Waals surface area contributed by atoms with Gasteiger partial charge in [-0.3, -0.25) is 4.98 Å². The zero-order chi connectivity index (χ0) is 14.7. The Kier molecular flexibility index (Phi) is 4.06. The van der Waals surface area contributed by atoms with Gasteiger partial charge in [0.25, 0.3) is 0 Å². The minimum atomic E-state index is 0.433. The number of hydrogen-bond donors (Lipinski definition) is 0. The average Bonchev–Trinajstić information content (AvgIpc) is 2.53. The Morgan fingerprint density at radius 1 is 1.10 bits per heavy atom. The summed E-state index contributed by atoms with van der Waals surface area (Å²) >= 11 is 3.46. The molecular formula is C17H14BrNO2. The lowest BCUT2D eigenvalue weighted by Gasteiger charge is -2.11. The summed E-state index contributed by atoms with van der Waals surface area (Å²) < 4.78 is 12.2. The first-order valence-electron chi connectivity index (χ1n) is 6.56. The first kappa shape index (κ1) is 13.9. The number of ether oxygens (including phenoxy) is 2. The average molecular weight is 344 g/mol. The number of halogens is 1. The normalized spacial score (nSPS) is 10.6. The van der Waals surface area contributed by atoms with Gasteiger partial charge in [-0.1, -0.05) is 34.1 Å². The number of benzene rings is 2. The van der Waals surface area contributed by atoms with Gasteiger partial charge < -0.3 is 9.47 Å². The van der Waals surface area contributed by atoms with Crippen LogP contribution >= 0.6 is 15.9 Å². The molecule has 1 aromatic heterocycles. The molecule has 0 aliphatic rings. The van der Waals surface area contributed by atoms with Crippen LogP contribution in [0.25, 0.3) is 10.9 Å². The summed E-state index contributed by atoms with van der Waals surface area (Å²) in [7, 11) is 1.66. The Labute approximate surface area is 131 Å². The molecule has 106 valence electrons. The van der Waals surface area contributed by atoms with E-state index in [1.54, 1.807) is 13.3 Å². The topological polar surface area (TPSA) is 31.4 Å². The minimum Gasteiger partial charge on any atom is -0.496 e. The van der Waals surface area contributed by atoms with Gasteiger partial charge in [-0.25, -0.2) is 0 Å². The fourth-order valence-electron chi connectivity index (χ4n) is 2.15. The van der Waals surface area contributed by atoms with Crippen molar-refractivity contribution in [1.82, 2.24) is 4.98 Å². The number of nitrogens with zero attached hydrogens (tertiary/aromatic N) is 1. The van der Waals surface area contributed by atoms with Crippen molar-refractivity contribution in [2.45, 2.75) is 6.61 Å². The molecule has 0 radical (unpaired) electrons. The summed E-state index contributed by atoms with van der Waals surface area (Å²) in [5, 5.41) is 1.07. The minimum absolute atomic E-state index is 0.433. The smallest absolute Gasteiger partial charge is 0.138 e. The molecule has 0 amide bonds. The van der Waals surface area contributed by atoms with Crippen molar-refractivity contribution in [3.8, 4) is 11.5 Å². The van der Waals surface area contributed by atoms with Crippen molar-refractivity contribution < 1.29 is 9.47 Å². The molecule has 0 N–H and O–H groups in total. The third-order valence-electron chi connectivity index (χ3n) is 3.20. The van der Waals surface area contributed by atoms with E-state index in [2.05, 4.69) is 20.9 Å². The molecule has 4 heteroatoms. The van der Waals surface area contributed by atoms with Crippen molar-refractivity contribution in [1.29, 1.82) is 0 Å². The Balaban J connectivity index is 1.81. The summed E-state index contributed by atoms with van der Waals surface area (Å²) in [6.45, 7) is 0.433. The highest BCUT2D eigenvalue weighted by Crippen LogP contribution is 2.25. The highest BCUT2D eigenvalue weighted by atomic mass is 79.9. The quantitative estimate of drug-likeness (QED) is 0.694. The molecule has 0 unspecified atom stereocenters. The Morgan fingerprint density at radius 2 is 1.95 bits per heavy atom. The SMILES string of the molecule is COc1ccc(Br)cc1COc1cnc2ccccc2c1. The second kappa shape index (κ2) is 6.14. The first-order valence-corrected chi connectivity index (χ1v) is 7.35. The number of aromatic nitrogens is 1. The lowest BCUT2D eigenvalue weighted by molar-refractivity contribution is 0.296. The van der Waals surface area contributed by atoms with E-state index in [1.807, 2.05) is 48.5 Å². The van der Waals surface area contributed by atoms with E-state index in [9.17, 15) is 0 Å². The summed E-state index contributed by atoms with van der Waals surface area (Å²) in [6.07, 6.45) is 1.74. The number of hydrogen-bond acceptors (Lipinski definition) is 3. The van der Waals surface area contributed by atoms with Crippen molar-refractivity contribution in [3.05, 3.63) is 64.8 Å². The Morgan fingerprint density at radius 3 is 2.81 bits per heavy atom. The summed E-state index contributed by atoms with van der Waals surface area (Å²) in [5.41, 5.74) is 1.95. The predicted octanol–water partition coefficient (Wildman–Crippen LogP) is 4.58. The molecule has 0 fully saturated rings. The standard InChI is InChI=1S/C17H14BrNO2/c1-20-17-7-6-14(18)8-13(17)11-21-15-9-12-4-2-3-5-16(12)19-10-15/h2-10H,11H2,1H3. The number of methoxy groups -OCH3 is 1. The van der Waals surface area contributed by atoms with Gasteiger partial charge >= 0.3 is 0 Å². The first-order chi connectivity index (χ1) is 10.3. The monoisotopic (exact) mass is 343 g/mol. The van der Waals surface area contributed by atoms with Crippen molar-refractivity contribution in [2.75, 3.05) is 7.11 Å². The van der Waals surface area contributed by atoms with Gasteiger partial charge in [0, 0.05) is 15.4 Å². The maximum Gasteiger partial charge on any atom is 0.138 e. The maximum absolute atomic E-state index is 5.83. The van der Waals surface area contributed by atoms with Gasteiger partial charge in [0.15, 0.2) is 0 Å². The third-order valence-corrected chi connectivity index (χ3v) is 3.70. The molecule has 0 aliphatic heterocycles. The van der Waals surface area contributed by atoms with Crippen LogP contribution in [0.5, 0.6) is 11.5 Å². The van der Waals surface area contributed by atoms with Crippen LogP contribution in [0.4, 0.5) is 0 Å².